The summed E-state index contributed by atoms with van der Waals surface area (Å²) in [5.41, 5.74) is 1.24. The Morgan fingerprint density at radius 2 is 2.05 bits per heavy atom. The van der Waals surface area contributed by atoms with Crippen molar-refractivity contribution in [1.29, 1.82) is 0 Å². The average molecular weight is 257 g/mol. The number of hydrogen-bond acceptors (Lipinski definition) is 3. The Bertz CT molecular complexity index is 614. The standard InChI is InChI=1S/C14H11NO4/c16-13(17)7-6-10-3-1-4-11(9-10)15-14(18)12-5-2-8-19-12/h1-9H,(H,15,18)(H,16,17)/b7-6+. The van der Waals surface area contributed by atoms with Gasteiger partial charge < -0.3 is 14.8 Å². The Morgan fingerprint density at radius 3 is 2.74 bits per heavy atom. The topological polar surface area (TPSA) is 79.5 Å². The molecular formula is C14H11NO4. The van der Waals surface area contributed by atoms with Gasteiger partial charge in [0.15, 0.2) is 5.76 Å². The molecule has 1 aromatic heterocycles. The van der Waals surface area contributed by atoms with Crippen LogP contribution in [-0.4, -0.2) is 17.0 Å². The second kappa shape index (κ2) is 5.68. The normalized spacial score (nSPS) is 10.5. The zero-order valence-corrected chi connectivity index (χ0v) is 9.87. The summed E-state index contributed by atoms with van der Waals surface area (Å²) in [4.78, 5) is 22.2. The number of furan rings is 1. The van der Waals surface area contributed by atoms with E-state index in [1.54, 1.807) is 36.4 Å². The molecule has 1 heterocycles. The summed E-state index contributed by atoms with van der Waals surface area (Å²) < 4.78 is 4.97. The summed E-state index contributed by atoms with van der Waals surface area (Å²) in [6.07, 6.45) is 3.90. The highest BCUT2D eigenvalue weighted by molar-refractivity contribution is 6.02. The number of benzene rings is 1. The minimum Gasteiger partial charge on any atom is -0.478 e. The van der Waals surface area contributed by atoms with Crippen LogP contribution >= 0.6 is 0 Å². The Kier molecular flexibility index (Phi) is 3.78. The summed E-state index contributed by atoms with van der Waals surface area (Å²) in [6, 6.07) is 10.0. The molecule has 96 valence electrons. The Morgan fingerprint density at radius 1 is 1.21 bits per heavy atom. The van der Waals surface area contributed by atoms with Crippen molar-refractivity contribution in [2.24, 2.45) is 0 Å². The smallest absolute Gasteiger partial charge is 0.328 e. The van der Waals surface area contributed by atoms with E-state index in [9.17, 15) is 9.59 Å². The van der Waals surface area contributed by atoms with E-state index in [0.717, 1.165) is 6.08 Å². The lowest BCUT2D eigenvalue weighted by Gasteiger charge is -2.03. The predicted molar refractivity (Wildman–Crippen MR) is 69.8 cm³/mol. The van der Waals surface area contributed by atoms with Gasteiger partial charge in [-0.1, -0.05) is 12.1 Å². The van der Waals surface area contributed by atoms with E-state index in [1.807, 2.05) is 0 Å². The lowest BCUT2D eigenvalue weighted by Crippen LogP contribution is -2.10. The van der Waals surface area contributed by atoms with Gasteiger partial charge in [0.05, 0.1) is 6.26 Å². The fourth-order valence-corrected chi connectivity index (χ4v) is 1.49. The molecule has 19 heavy (non-hydrogen) atoms. The fourth-order valence-electron chi connectivity index (χ4n) is 1.49. The molecule has 0 bridgehead atoms. The number of hydrogen-bond donors (Lipinski definition) is 2. The molecule has 0 atom stereocenters. The molecule has 0 aliphatic rings. The largest absolute Gasteiger partial charge is 0.478 e. The summed E-state index contributed by atoms with van der Waals surface area (Å²) >= 11 is 0. The molecule has 0 fully saturated rings. The molecule has 0 unspecified atom stereocenters. The van der Waals surface area contributed by atoms with E-state index in [-0.39, 0.29) is 11.7 Å². The molecular weight excluding hydrogens is 246 g/mol. The lowest BCUT2D eigenvalue weighted by atomic mass is 10.2. The van der Waals surface area contributed by atoms with Crippen molar-refractivity contribution in [1.82, 2.24) is 0 Å². The third kappa shape index (κ3) is 3.57. The molecule has 0 radical (unpaired) electrons. The van der Waals surface area contributed by atoms with Gasteiger partial charge in [-0.15, -0.1) is 0 Å². The number of anilines is 1. The molecule has 0 saturated carbocycles. The van der Waals surface area contributed by atoms with Gasteiger partial charge in [0, 0.05) is 11.8 Å². The number of nitrogens with one attached hydrogen (secondary N) is 1. The lowest BCUT2D eigenvalue weighted by molar-refractivity contribution is -0.131. The third-order valence-electron chi connectivity index (χ3n) is 2.31. The Hall–Kier alpha value is -2.82. The van der Waals surface area contributed by atoms with Gasteiger partial charge in [-0.2, -0.15) is 0 Å². The second-order valence-electron chi connectivity index (χ2n) is 3.73. The number of carboxylic acids is 1. The van der Waals surface area contributed by atoms with Gasteiger partial charge in [0.25, 0.3) is 5.91 Å². The Balaban J connectivity index is 2.11. The van der Waals surface area contributed by atoms with Gasteiger partial charge in [-0.25, -0.2) is 4.79 Å². The number of amides is 1. The molecule has 5 nitrogen and oxygen atoms in total. The van der Waals surface area contributed by atoms with Crippen molar-refractivity contribution in [3.05, 3.63) is 60.1 Å². The molecule has 2 rings (SSSR count). The average Bonchev–Trinajstić information content (AvgIpc) is 2.91. The van der Waals surface area contributed by atoms with E-state index < -0.39 is 5.97 Å². The van der Waals surface area contributed by atoms with Crippen molar-refractivity contribution >= 4 is 23.6 Å². The first kappa shape index (κ1) is 12.6. The van der Waals surface area contributed by atoms with Crippen molar-refractivity contribution in [3.8, 4) is 0 Å². The van der Waals surface area contributed by atoms with Gasteiger partial charge in [0.2, 0.25) is 0 Å². The first-order valence-corrected chi connectivity index (χ1v) is 5.51. The SMILES string of the molecule is O=C(O)/C=C/c1cccc(NC(=O)c2ccco2)c1. The number of carboxylic acid groups (broad SMARTS) is 1. The molecule has 0 aliphatic heterocycles. The van der Waals surface area contributed by atoms with Crippen molar-refractivity contribution < 1.29 is 19.1 Å². The first-order chi connectivity index (χ1) is 9.15. The number of aliphatic carboxylic acids is 1. The zero-order valence-electron chi connectivity index (χ0n) is 9.87. The van der Waals surface area contributed by atoms with Crippen LogP contribution in [0.15, 0.2) is 53.2 Å². The number of rotatable bonds is 4. The zero-order chi connectivity index (χ0) is 13.7. The fraction of sp³-hybridized carbons (Fsp3) is 0. The second-order valence-corrected chi connectivity index (χ2v) is 3.73. The third-order valence-corrected chi connectivity index (χ3v) is 2.31. The van der Waals surface area contributed by atoms with Crippen LogP contribution in [0.5, 0.6) is 0 Å². The minimum atomic E-state index is -1.02. The van der Waals surface area contributed by atoms with Gasteiger partial charge in [-0.3, -0.25) is 4.79 Å². The van der Waals surface area contributed by atoms with Crippen molar-refractivity contribution in [2.45, 2.75) is 0 Å². The van der Waals surface area contributed by atoms with E-state index in [0.29, 0.717) is 11.3 Å². The molecule has 0 aliphatic carbocycles. The summed E-state index contributed by atoms with van der Waals surface area (Å²) in [6.45, 7) is 0. The van der Waals surface area contributed by atoms with Crippen molar-refractivity contribution in [2.75, 3.05) is 5.32 Å². The van der Waals surface area contributed by atoms with Crippen LogP contribution in [0.2, 0.25) is 0 Å². The minimum absolute atomic E-state index is 0.214. The molecule has 5 heteroatoms. The van der Waals surface area contributed by atoms with Crippen LogP contribution in [0.3, 0.4) is 0 Å². The summed E-state index contributed by atoms with van der Waals surface area (Å²) in [7, 11) is 0. The van der Waals surface area contributed by atoms with Gasteiger partial charge in [0.1, 0.15) is 0 Å². The quantitative estimate of drug-likeness (QED) is 0.825. The van der Waals surface area contributed by atoms with E-state index in [2.05, 4.69) is 5.32 Å². The number of carbonyl (C=O) groups excluding carboxylic acids is 1. The maximum Gasteiger partial charge on any atom is 0.328 e. The summed E-state index contributed by atoms with van der Waals surface area (Å²) in [5, 5.41) is 11.2. The van der Waals surface area contributed by atoms with Crippen molar-refractivity contribution in [3.63, 3.8) is 0 Å². The van der Waals surface area contributed by atoms with Gasteiger partial charge >= 0.3 is 5.97 Å². The predicted octanol–water partition coefficient (Wildman–Crippen LogP) is 2.63. The van der Waals surface area contributed by atoms with Crippen LogP contribution in [0.4, 0.5) is 5.69 Å². The molecule has 1 aromatic carbocycles. The van der Waals surface area contributed by atoms with Crippen LogP contribution in [0.1, 0.15) is 16.1 Å². The molecule has 1 amide bonds. The van der Waals surface area contributed by atoms with Crippen LogP contribution in [-0.2, 0) is 4.79 Å². The maximum absolute atomic E-state index is 11.7. The highest BCUT2D eigenvalue weighted by atomic mass is 16.4. The molecule has 0 saturated heterocycles. The highest BCUT2D eigenvalue weighted by Crippen LogP contribution is 2.13. The molecule has 2 aromatic rings. The van der Waals surface area contributed by atoms with Crippen LogP contribution in [0.25, 0.3) is 6.08 Å². The highest BCUT2D eigenvalue weighted by Gasteiger charge is 2.08. The summed E-state index contributed by atoms with van der Waals surface area (Å²) in [5.74, 6) is -1.17. The van der Waals surface area contributed by atoms with E-state index in [4.69, 9.17) is 9.52 Å². The first-order valence-electron chi connectivity index (χ1n) is 5.51. The molecule has 0 spiro atoms. The monoisotopic (exact) mass is 257 g/mol. The van der Waals surface area contributed by atoms with E-state index in [1.165, 1.54) is 12.3 Å². The maximum atomic E-state index is 11.7. The number of carbonyl (C=O) groups is 2. The van der Waals surface area contributed by atoms with Crippen LogP contribution < -0.4 is 5.32 Å². The van der Waals surface area contributed by atoms with Crippen LogP contribution in [0, 0.1) is 0 Å². The molecule has 2 N–H and O–H groups in total. The Labute approximate surface area is 109 Å². The van der Waals surface area contributed by atoms with E-state index >= 15 is 0 Å². The van der Waals surface area contributed by atoms with Gasteiger partial charge in [-0.05, 0) is 35.9 Å².